The van der Waals surface area contributed by atoms with Crippen molar-refractivity contribution in [3.63, 3.8) is 0 Å². The average molecular weight is 798 g/mol. The van der Waals surface area contributed by atoms with Gasteiger partial charge in [0.05, 0.1) is 40.8 Å². The van der Waals surface area contributed by atoms with Crippen LogP contribution in [0.3, 0.4) is 0 Å². The Kier molecular flexibility index (Phi) is 9.99. The molecule has 5 aromatic rings. The molecule has 2 aromatic carbocycles. The SMILES string of the molecule is NC(=O)c1cc(-c2cc3sc(N4CCOCC4)nc3nc2C(Cc2cc(F)cc(F)c2)NC(=O)Cn2nc(C(F)F)c3c2C(F)(F)CCC3(F)F)ccc1F. The number of carbonyl (C=O) groups is 2. The van der Waals surface area contributed by atoms with Crippen molar-refractivity contribution in [3.8, 4) is 11.1 Å². The van der Waals surface area contributed by atoms with Crippen LogP contribution in [-0.2, 0) is 34.3 Å². The third-order valence-electron chi connectivity index (χ3n) is 9.20. The van der Waals surface area contributed by atoms with Crippen molar-refractivity contribution >= 4 is 38.6 Å². The first-order chi connectivity index (χ1) is 26.0. The van der Waals surface area contributed by atoms with Gasteiger partial charge in [0.2, 0.25) is 5.91 Å². The fourth-order valence-electron chi connectivity index (χ4n) is 6.73. The number of thiazole rings is 1. The molecule has 55 heavy (non-hydrogen) atoms. The molecule has 1 fully saturated rings. The number of ether oxygens (including phenoxy) is 1. The highest BCUT2D eigenvalue weighted by Crippen LogP contribution is 2.52. The molecule has 20 heteroatoms. The predicted molar refractivity (Wildman–Crippen MR) is 180 cm³/mol. The van der Waals surface area contributed by atoms with E-state index in [9.17, 15) is 40.3 Å². The number of hydrogen-bond donors (Lipinski definition) is 2. The van der Waals surface area contributed by atoms with Crippen LogP contribution < -0.4 is 16.0 Å². The minimum atomic E-state index is -4.09. The number of benzene rings is 2. The van der Waals surface area contributed by atoms with Gasteiger partial charge in [-0.3, -0.25) is 14.3 Å². The van der Waals surface area contributed by atoms with Crippen molar-refractivity contribution in [1.82, 2.24) is 25.1 Å². The van der Waals surface area contributed by atoms with Crippen molar-refractivity contribution in [2.24, 2.45) is 5.73 Å². The minimum absolute atomic E-state index is 0.0394. The number of alkyl halides is 6. The van der Waals surface area contributed by atoms with Crippen LogP contribution in [0, 0.1) is 17.5 Å². The second kappa shape index (κ2) is 14.4. The van der Waals surface area contributed by atoms with Gasteiger partial charge in [0, 0.05) is 37.6 Å². The van der Waals surface area contributed by atoms with Gasteiger partial charge in [0.25, 0.3) is 24.2 Å². The van der Waals surface area contributed by atoms with Crippen LogP contribution in [0.4, 0.5) is 44.6 Å². The number of nitrogens with one attached hydrogen (secondary N) is 1. The standard InChI is InChI=1S/C35H28F9N7O3S/c36-18-9-16(10-19(37)13-18)11-23(46-25(52)15-51-29-26(28(49-51)30(39)40)34(41,42)3-4-35(29,43)44)27-20(17-1-2-22(38)21(12-17)31(45)53)14-24-32(47-27)48-33(55-24)50-5-7-54-8-6-50/h1-2,9-10,12-14,23,30H,3-8,11,15H2,(H2,45,53)(H,46,52). The number of fused-ring (bicyclic) bond motifs is 2. The van der Waals surface area contributed by atoms with Crippen molar-refractivity contribution in [3.05, 3.63) is 93.7 Å². The number of morpholine rings is 1. The smallest absolute Gasteiger partial charge is 0.290 e. The molecule has 1 unspecified atom stereocenters. The number of nitrogens with two attached hydrogens (primary N) is 1. The first kappa shape index (κ1) is 38.1. The molecule has 10 nitrogen and oxygen atoms in total. The van der Waals surface area contributed by atoms with E-state index in [1.807, 2.05) is 4.90 Å². The highest BCUT2D eigenvalue weighted by molar-refractivity contribution is 7.22. The molecule has 7 rings (SSSR count). The topological polar surface area (TPSA) is 128 Å². The summed E-state index contributed by atoms with van der Waals surface area (Å²) in [6, 6.07) is 5.99. The zero-order valence-corrected chi connectivity index (χ0v) is 29.0. The molecule has 0 bridgehead atoms. The largest absolute Gasteiger partial charge is 0.378 e. The van der Waals surface area contributed by atoms with E-state index in [0.717, 1.165) is 24.3 Å². The molecule has 0 radical (unpaired) electrons. The Morgan fingerprint density at radius 3 is 2.29 bits per heavy atom. The lowest BCUT2D eigenvalue weighted by Gasteiger charge is -2.29. The molecular weight excluding hydrogens is 769 g/mol. The van der Waals surface area contributed by atoms with Crippen LogP contribution in [0.5, 0.6) is 0 Å². The van der Waals surface area contributed by atoms with E-state index >= 15 is 8.78 Å². The van der Waals surface area contributed by atoms with E-state index in [-0.39, 0.29) is 32.7 Å². The number of halogens is 9. The minimum Gasteiger partial charge on any atom is -0.378 e. The quantitative estimate of drug-likeness (QED) is 0.147. The van der Waals surface area contributed by atoms with Crippen molar-refractivity contribution in [2.75, 3.05) is 31.2 Å². The zero-order chi connectivity index (χ0) is 39.4. The Hall–Kier alpha value is -5.24. The van der Waals surface area contributed by atoms with Gasteiger partial charge < -0.3 is 20.7 Å². The maximum atomic E-state index is 15.1. The Balaban J connectivity index is 1.36. The third-order valence-corrected chi connectivity index (χ3v) is 10.2. The summed E-state index contributed by atoms with van der Waals surface area (Å²) in [5.41, 5.74) is 0.423. The lowest BCUT2D eigenvalue weighted by Crippen LogP contribution is -2.37. The highest BCUT2D eigenvalue weighted by atomic mass is 32.1. The summed E-state index contributed by atoms with van der Waals surface area (Å²) in [4.78, 5) is 37.1. The molecule has 1 saturated heterocycles. The Morgan fingerprint density at radius 1 is 0.927 bits per heavy atom. The third kappa shape index (κ3) is 7.56. The first-order valence-corrected chi connectivity index (χ1v) is 17.5. The van der Waals surface area contributed by atoms with Crippen LogP contribution in [0.2, 0.25) is 0 Å². The molecule has 3 N–H and O–H groups in total. The van der Waals surface area contributed by atoms with E-state index in [1.165, 1.54) is 17.4 Å². The second-order valence-corrected chi connectivity index (χ2v) is 14.0. The number of hydrogen-bond acceptors (Lipinski definition) is 8. The van der Waals surface area contributed by atoms with Gasteiger partial charge >= 0.3 is 0 Å². The fraction of sp³-hybridized carbons (Fsp3) is 0.343. The average Bonchev–Trinajstić information content (AvgIpc) is 3.73. The second-order valence-electron chi connectivity index (χ2n) is 13.0. The number of primary amides is 1. The van der Waals surface area contributed by atoms with E-state index in [4.69, 9.17) is 15.5 Å². The van der Waals surface area contributed by atoms with Gasteiger partial charge in [-0.05, 0) is 47.9 Å². The molecule has 4 heterocycles. The highest BCUT2D eigenvalue weighted by Gasteiger charge is 2.55. The van der Waals surface area contributed by atoms with Crippen molar-refractivity contribution in [1.29, 1.82) is 0 Å². The van der Waals surface area contributed by atoms with Crippen LogP contribution in [0.1, 0.15) is 63.9 Å². The molecule has 290 valence electrons. The number of aromatic nitrogens is 4. The number of anilines is 1. The van der Waals surface area contributed by atoms with Gasteiger partial charge in [0.15, 0.2) is 10.8 Å². The van der Waals surface area contributed by atoms with Gasteiger partial charge in [-0.2, -0.15) is 18.9 Å². The molecular formula is C35H28F9N7O3S. The molecule has 1 atom stereocenters. The first-order valence-electron chi connectivity index (χ1n) is 16.6. The maximum absolute atomic E-state index is 15.1. The van der Waals surface area contributed by atoms with Gasteiger partial charge in [-0.25, -0.2) is 35.7 Å². The molecule has 1 aliphatic carbocycles. The molecule has 3 aromatic heterocycles. The number of carbonyl (C=O) groups excluding carboxylic acids is 2. The summed E-state index contributed by atoms with van der Waals surface area (Å²) in [7, 11) is 0. The molecule has 0 saturated carbocycles. The van der Waals surface area contributed by atoms with Gasteiger partial charge in [0.1, 0.15) is 35.4 Å². The summed E-state index contributed by atoms with van der Waals surface area (Å²) in [5, 5.41) is 6.38. The van der Waals surface area contributed by atoms with Crippen molar-refractivity contribution in [2.45, 2.75) is 50.1 Å². The van der Waals surface area contributed by atoms with Crippen LogP contribution in [0.15, 0.2) is 42.5 Å². The number of amides is 2. The number of nitrogens with zero attached hydrogens (tertiary/aromatic N) is 5. The molecule has 0 spiro atoms. The molecule has 2 amide bonds. The van der Waals surface area contributed by atoms with Crippen LogP contribution in [-0.4, -0.2) is 57.9 Å². The van der Waals surface area contributed by atoms with Crippen molar-refractivity contribution < 1.29 is 53.8 Å². The molecule has 1 aliphatic heterocycles. The fourth-order valence-corrected chi connectivity index (χ4v) is 7.73. The van der Waals surface area contributed by atoms with Crippen LogP contribution >= 0.6 is 11.3 Å². The summed E-state index contributed by atoms with van der Waals surface area (Å²) in [6.45, 7) is 0.584. The monoisotopic (exact) mass is 797 g/mol. The summed E-state index contributed by atoms with van der Waals surface area (Å²) in [5.74, 6) is -13.4. The Morgan fingerprint density at radius 2 is 1.62 bits per heavy atom. The van der Waals surface area contributed by atoms with Gasteiger partial charge in [-0.15, -0.1) is 0 Å². The normalized spacial score (nSPS) is 17.0. The Labute approximate surface area is 309 Å². The lowest BCUT2D eigenvalue weighted by molar-refractivity contribution is -0.123. The summed E-state index contributed by atoms with van der Waals surface area (Å²) in [6.07, 6.45) is -6.97. The van der Waals surface area contributed by atoms with Gasteiger partial charge in [-0.1, -0.05) is 17.4 Å². The lowest BCUT2D eigenvalue weighted by atomic mass is 9.89. The maximum Gasteiger partial charge on any atom is 0.290 e. The van der Waals surface area contributed by atoms with E-state index in [2.05, 4.69) is 15.4 Å². The zero-order valence-electron chi connectivity index (χ0n) is 28.2. The predicted octanol–water partition coefficient (Wildman–Crippen LogP) is 6.92. The Bertz CT molecular complexity index is 2290. The number of rotatable bonds is 10. The van der Waals surface area contributed by atoms with E-state index in [0.29, 0.717) is 42.2 Å². The molecule has 2 aliphatic rings. The van der Waals surface area contributed by atoms with E-state index < -0.39 is 102 Å². The van der Waals surface area contributed by atoms with Crippen LogP contribution in [0.25, 0.3) is 21.5 Å². The summed E-state index contributed by atoms with van der Waals surface area (Å²) >= 11 is 1.23. The number of pyridine rings is 1. The van der Waals surface area contributed by atoms with E-state index in [1.54, 1.807) is 6.07 Å². The summed E-state index contributed by atoms with van der Waals surface area (Å²) < 4.78 is 137.